The highest BCUT2D eigenvalue weighted by molar-refractivity contribution is 7.80. The van der Waals surface area contributed by atoms with Crippen molar-refractivity contribution in [1.29, 1.82) is 0 Å². The SMILES string of the molecule is FC(F)(F)c1ccc(N2CCCCCCC2)c(NC(=S)Nc2ccoc2)c1. The fourth-order valence-corrected chi connectivity index (χ4v) is 3.42. The normalized spacial score (nSPS) is 15.7. The molecule has 1 aliphatic rings. The fourth-order valence-electron chi connectivity index (χ4n) is 3.20. The summed E-state index contributed by atoms with van der Waals surface area (Å²) in [4.78, 5) is 2.14. The lowest BCUT2D eigenvalue weighted by Gasteiger charge is -2.29. The molecule has 146 valence electrons. The lowest BCUT2D eigenvalue weighted by molar-refractivity contribution is -0.137. The molecule has 0 aliphatic carbocycles. The minimum atomic E-state index is -4.41. The second-order valence-electron chi connectivity index (χ2n) is 6.58. The summed E-state index contributed by atoms with van der Waals surface area (Å²) in [6.45, 7) is 1.64. The maximum absolute atomic E-state index is 13.2. The molecule has 1 fully saturated rings. The molecule has 1 saturated heterocycles. The van der Waals surface area contributed by atoms with Gasteiger partial charge >= 0.3 is 6.18 Å². The van der Waals surface area contributed by atoms with Gasteiger partial charge in [-0.05, 0) is 49.3 Å². The fraction of sp³-hybridized carbons (Fsp3) is 0.421. The molecule has 2 heterocycles. The molecule has 0 bridgehead atoms. The second kappa shape index (κ2) is 8.65. The Kier molecular flexibility index (Phi) is 6.26. The van der Waals surface area contributed by atoms with Gasteiger partial charge in [0, 0.05) is 13.1 Å². The van der Waals surface area contributed by atoms with Crippen molar-refractivity contribution in [2.24, 2.45) is 0 Å². The zero-order valence-corrected chi connectivity index (χ0v) is 15.6. The maximum Gasteiger partial charge on any atom is 0.416 e. The van der Waals surface area contributed by atoms with Crippen molar-refractivity contribution in [2.75, 3.05) is 28.6 Å². The van der Waals surface area contributed by atoms with E-state index in [1.54, 1.807) is 6.07 Å². The Morgan fingerprint density at radius 3 is 2.33 bits per heavy atom. The van der Waals surface area contributed by atoms with E-state index >= 15 is 0 Å². The molecular weight excluding hydrogens is 375 g/mol. The van der Waals surface area contributed by atoms with Crippen molar-refractivity contribution >= 4 is 34.4 Å². The van der Waals surface area contributed by atoms with Crippen LogP contribution in [0.15, 0.2) is 41.2 Å². The minimum absolute atomic E-state index is 0.212. The molecule has 4 nitrogen and oxygen atoms in total. The van der Waals surface area contributed by atoms with Crippen LogP contribution in [0.2, 0.25) is 0 Å². The topological polar surface area (TPSA) is 40.4 Å². The number of nitrogens with zero attached hydrogens (tertiary/aromatic N) is 1. The summed E-state index contributed by atoms with van der Waals surface area (Å²) in [7, 11) is 0. The monoisotopic (exact) mass is 397 g/mol. The molecule has 0 amide bonds. The average Bonchev–Trinajstić information content (AvgIpc) is 3.07. The number of rotatable bonds is 3. The van der Waals surface area contributed by atoms with Crippen molar-refractivity contribution in [2.45, 2.75) is 38.3 Å². The molecule has 0 spiro atoms. The molecule has 0 unspecified atom stereocenters. The van der Waals surface area contributed by atoms with E-state index < -0.39 is 11.7 Å². The zero-order chi connectivity index (χ0) is 19.3. The Morgan fingerprint density at radius 1 is 1.00 bits per heavy atom. The van der Waals surface area contributed by atoms with Crippen LogP contribution < -0.4 is 15.5 Å². The molecular formula is C19H22F3N3OS. The summed E-state index contributed by atoms with van der Waals surface area (Å²) in [5, 5.41) is 6.05. The van der Waals surface area contributed by atoms with E-state index in [0.29, 0.717) is 11.4 Å². The molecule has 3 rings (SSSR count). The molecule has 0 saturated carbocycles. The van der Waals surface area contributed by atoms with Crippen LogP contribution in [0.4, 0.5) is 30.2 Å². The standard InChI is InChI=1S/C19H22F3N3OS/c20-19(21,22)14-6-7-17(25-9-4-2-1-3-5-10-25)16(12-14)24-18(27)23-15-8-11-26-13-15/h6-8,11-13H,1-5,9-10H2,(H2,23,24,27). The van der Waals surface area contributed by atoms with Gasteiger partial charge in [-0.1, -0.05) is 19.3 Å². The van der Waals surface area contributed by atoms with Gasteiger partial charge in [0.25, 0.3) is 0 Å². The van der Waals surface area contributed by atoms with Crippen molar-refractivity contribution in [1.82, 2.24) is 0 Å². The number of benzene rings is 1. The summed E-state index contributed by atoms with van der Waals surface area (Å²) in [6, 6.07) is 5.47. The molecule has 2 aromatic rings. The Morgan fingerprint density at radius 2 is 1.70 bits per heavy atom. The maximum atomic E-state index is 13.2. The predicted molar refractivity (Wildman–Crippen MR) is 105 cm³/mol. The van der Waals surface area contributed by atoms with Gasteiger partial charge < -0.3 is 20.0 Å². The number of thiocarbonyl (C=S) groups is 1. The van der Waals surface area contributed by atoms with Crippen LogP contribution in [-0.4, -0.2) is 18.2 Å². The lowest BCUT2D eigenvalue weighted by atomic mass is 10.1. The van der Waals surface area contributed by atoms with Gasteiger partial charge in [0.1, 0.15) is 6.26 Å². The van der Waals surface area contributed by atoms with Crippen LogP contribution in [0.5, 0.6) is 0 Å². The van der Waals surface area contributed by atoms with Crippen LogP contribution in [0, 0.1) is 0 Å². The van der Waals surface area contributed by atoms with Crippen LogP contribution >= 0.6 is 12.2 Å². The molecule has 1 aromatic carbocycles. The summed E-state index contributed by atoms with van der Waals surface area (Å²) in [5.74, 6) is 0. The molecule has 0 radical (unpaired) electrons. The molecule has 1 aromatic heterocycles. The first kappa shape index (κ1) is 19.5. The van der Waals surface area contributed by atoms with Crippen LogP contribution in [0.25, 0.3) is 0 Å². The van der Waals surface area contributed by atoms with Crippen molar-refractivity contribution in [3.63, 3.8) is 0 Å². The Bertz CT molecular complexity index is 754. The highest BCUT2D eigenvalue weighted by Gasteiger charge is 2.31. The minimum Gasteiger partial charge on any atom is -0.470 e. The van der Waals surface area contributed by atoms with Crippen molar-refractivity contribution < 1.29 is 17.6 Å². The third kappa shape index (κ3) is 5.38. The number of nitrogens with one attached hydrogen (secondary N) is 2. The first-order valence-electron chi connectivity index (χ1n) is 9.00. The van der Waals surface area contributed by atoms with Gasteiger partial charge in [0.15, 0.2) is 5.11 Å². The van der Waals surface area contributed by atoms with Crippen molar-refractivity contribution in [3.05, 3.63) is 42.4 Å². The van der Waals surface area contributed by atoms with Crippen LogP contribution in [0.3, 0.4) is 0 Å². The molecule has 27 heavy (non-hydrogen) atoms. The summed E-state index contributed by atoms with van der Waals surface area (Å²) in [6.07, 6.45) is 4.09. The van der Waals surface area contributed by atoms with Crippen LogP contribution in [0.1, 0.15) is 37.7 Å². The predicted octanol–water partition coefficient (Wildman–Crippen LogP) is 5.88. The van der Waals surface area contributed by atoms with E-state index in [4.69, 9.17) is 16.6 Å². The van der Waals surface area contributed by atoms with E-state index in [0.717, 1.165) is 56.6 Å². The third-order valence-corrected chi connectivity index (χ3v) is 4.75. The molecule has 0 atom stereocenters. The molecule has 2 N–H and O–H groups in total. The molecule has 8 heteroatoms. The number of hydrogen-bond donors (Lipinski definition) is 2. The van der Waals surface area contributed by atoms with Gasteiger partial charge in [-0.2, -0.15) is 13.2 Å². The first-order chi connectivity index (χ1) is 12.9. The van der Waals surface area contributed by atoms with E-state index in [-0.39, 0.29) is 5.11 Å². The number of hydrogen-bond acceptors (Lipinski definition) is 3. The second-order valence-corrected chi connectivity index (χ2v) is 6.98. The van der Waals surface area contributed by atoms with Gasteiger partial charge in [0.2, 0.25) is 0 Å². The Balaban J connectivity index is 1.85. The smallest absolute Gasteiger partial charge is 0.416 e. The summed E-state index contributed by atoms with van der Waals surface area (Å²) >= 11 is 5.27. The highest BCUT2D eigenvalue weighted by atomic mass is 32.1. The van der Waals surface area contributed by atoms with Crippen LogP contribution in [-0.2, 0) is 6.18 Å². The number of anilines is 3. The highest BCUT2D eigenvalue weighted by Crippen LogP contribution is 2.36. The average molecular weight is 397 g/mol. The number of alkyl halides is 3. The molecule has 1 aliphatic heterocycles. The quantitative estimate of drug-likeness (QED) is 0.633. The lowest BCUT2D eigenvalue weighted by Crippen LogP contribution is -2.29. The summed E-state index contributed by atoms with van der Waals surface area (Å²) in [5.41, 5.74) is 1.02. The number of furan rings is 1. The van der Waals surface area contributed by atoms with Crippen molar-refractivity contribution in [3.8, 4) is 0 Å². The number of halogens is 3. The van der Waals surface area contributed by atoms with Gasteiger partial charge in [-0.15, -0.1) is 0 Å². The van der Waals surface area contributed by atoms with Gasteiger partial charge in [-0.25, -0.2) is 0 Å². The summed E-state index contributed by atoms with van der Waals surface area (Å²) < 4.78 is 44.6. The zero-order valence-electron chi connectivity index (χ0n) is 14.8. The van der Waals surface area contributed by atoms with E-state index in [2.05, 4.69) is 15.5 Å². The first-order valence-corrected chi connectivity index (χ1v) is 9.41. The Hall–Kier alpha value is -2.22. The van der Waals surface area contributed by atoms with E-state index in [1.807, 2.05) is 0 Å². The Labute approximate surface area is 161 Å². The third-order valence-electron chi connectivity index (χ3n) is 4.55. The van der Waals surface area contributed by atoms with E-state index in [9.17, 15) is 13.2 Å². The van der Waals surface area contributed by atoms with E-state index in [1.165, 1.54) is 25.0 Å². The van der Waals surface area contributed by atoms with Gasteiger partial charge in [-0.3, -0.25) is 0 Å². The van der Waals surface area contributed by atoms with Gasteiger partial charge in [0.05, 0.1) is 28.9 Å². The largest absolute Gasteiger partial charge is 0.470 e.